The fourth-order valence-corrected chi connectivity index (χ4v) is 4.70. The molecule has 0 spiro atoms. The van der Waals surface area contributed by atoms with Crippen molar-refractivity contribution in [3.63, 3.8) is 0 Å². The van der Waals surface area contributed by atoms with Crippen molar-refractivity contribution >= 4 is 5.69 Å². The molecule has 3 saturated heterocycles. The zero-order chi connectivity index (χ0) is 17.1. The third-order valence-electron chi connectivity index (χ3n) is 6.10. The summed E-state index contributed by atoms with van der Waals surface area (Å²) in [4.78, 5) is 9.99. The van der Waals surface area contributed by atoms with E-state index in [1.54, 1.807) is 0 Å². The summed E-state index contributed by atoms with van der Waals surface area (Å²) in [6.07, 6.45) is 2.47. The van der Waals surface area contributed by atoms with Crippen LogP contribution < -0.4 is 4.90 Å². The van der Waals surface area contributed by atoms with Crippen LogP contribution in [0.3, 0.4) is 0 Å². The summed E-state index contributed by atoms with van der Waals surface area (Å²) >= 11 is 0. The largest absolute Gasteiger partial charge is 0.390 e. The van der Waals surface area contributed by atoms with Gasteiger partial charge in [0.05, 0.1) is 6.10 Å². The monoisotopic (exact) mass is 344 g/mol. The third-order valence-corrected chi connectivity index (χ3v) is 6.10. The van der Waals surface area contributed by atoms with Crippen LogP contribution in [0.2, 0.25) is 0 Å². The first-order valence-corrected chi connectivity index (χ1v) is 9.95. The Morgan fingerprint density at radius 2 is 1.60 bits per heavy atom. The van der Waals surface area contributed by atoms with Gasteiger partial charge in [-0.3, -0.25) is 14.7 Å². The van der Waals surface area contributed by atoms with Crippen LogP contribution in [-0.4, -0.2) is 97.4 Å². The van der Waals surface area contributed by atoms with E-state index in [0.29, 0.717) is 0 Å². The average molecular weight is 345 g/mol. The maximum absolute atomic E-state index is 10.6. The highest BCUT2D eigenvalue weighted by molar-refractivity contribution is 5.46. The first kappa shape index (κ1) is 17.3. The molecule has 0 radical (unpaired) electrons. The minimum atomic E-state index is -0.226. The predicted octanol–water partition coefficient (Wildman–Crippen LogP) is 0.950. The molecule has 5 nitrogen and oxygen atoms in total. The molecule has 0 aliphatic carbocycles. The van der Waals surface area contributed by atoms with Crippen LogP contribution in [0, 0.1) is 0 Å². The quantitative estimate of drug-likeness (QED) is 0.860. The predicted molar refractivity (Wildman–Crippen MR) is 102 cm³/mol. The number of fused-ring (bicyclic) bond motifs is 1. The summed E-state index contributed by atoms with van der Waals surface area (Å²) in [5.74, 6) is 0. The van der Waals surface area contributed by atoms with E-state index in [1.807, 2.05) is 0 Å². The zero-order valence-corrected chi connectivity index (χ0v) is 15.3. The molecule has 138 valence electrons. The van der Waals surface area contributed by atoms with Gasteiger partial charge >= 0.3 is 0 Å². The molecule has 1 aromatic rings. The van der Waals surface area contributed by atoms with Crippen molar-refractivity contribution in [1.82, 2.24) is 14.7 Å². The van der Waals surface area contributed by atoms with Gasteiger partial charge < -0.3 is 10.0 Å². The normalized spacial score (nSPS) is 27.4. The van der Waals surface area contributed by atoms with Crippen molar-refractivity contribution in [2.45, 2.75) is 25.0 Å². The number of piperazine rings is 2. The third kappa shape index (κ3) is 4.34. The number of benzene rings is 1. The summed E-state index contributed by atoms with van der Waals surface area (Å²) in [6.45, 7) is 10.6. The van der Waals surface area contributed by atoms with Crippen LogP contribution in [-0.2, 0) is 0 Å². The summed E-state index contributed by atoms with van der Waals surface area (Å²) in [5.41, 5.74) is 1.32. The molecule has 0 bridgehead atoms. The summed E-state index contributed by atoms with van der Waals surface area (Å²) in [7, 11) is 0. The van der Waals surface area contributed by atoms with E-state index in [4.69, 9.17) is 0 Å². The molecule has 1 aromatic carbocycles. The molecule has 5 heteroatoms. The smallest absolute Gasteiger partial charge is 0.0793 e. The van der Waals surface area contributed by atoms with Crippen molar-refractivity contribution < 1.29 is 5.11 Å². The van der Waals surface area contributed by atoms with Crippen LogP contribution in [0.5, 0.6) is 0 Å². The van der Waals surface area contributed by atoms with Crippen LogP contribution in [0.15, 0.2) is 30.3 Å². The average Bonchev–Trinajstić information content (AvgIpc) is 3.11. The molecule has 3 fully saturated rings. The van der Waals surface area contributed by atoms with Crippen LogP contribution in [0.1, 0.15) is 12.8 Å². The van der Waals surface area contributed by atoms with E-state index in [9.17, 15) is 5.11 Å². The van der Waals surface area contributed by atoms with E-state index >= 15 is 0 Å². The van der Waals surface area contributed by atoms with E-state index in [0.717, 1.165) is 58.4 Å². The number of aliphatic hydroxyl groups is 1. The lowest BCUT2D eigenvalue weighted by molar-refractivity contribution is 0.0385. The van der Waals surface area contributed by atoms with E-state index in [1.165, 1.54) is 31.6 Å². The lowest BCUT2D eigenvalue weighted by Gasteiger charge is -2.40. The maximum atomic E-state index is 10.6. The Morgan fingerprint density at radius 3 is 2.40 bits per heavy atom. The fourth-order valence-electron chi connectivity index (χ4n) is 4.70. The summed E-state index contributed by atoms with van der Waals surface area (Å²) < 4.78 is 0. The topological polar surface area (TPSA) is 33.2 Å². The number of nitrogens with zero attached hydrogens (tertiary/aromatic N) is 4. The van der Waals surface area contributed by atoms with E-state index in [-0.39, 0.29) is 6.10 Å². The van der Waals surface area contributed by atoms with E-state index in [2.05, 4.69) is 49.9 Å². The van der Waals surface area contributed by atoms with Gasteiger partial charge in [0.25, 0.3) is 0 Å². The van der Waals surface area contributed by atoms with Crippen LogP contribution in [0.25, 0.3) is 0 Å². The molecule has 4 rings (SSSR count). The minimum absolute atomic E-state index is 0.226. The van der Waals surface area contributed by atoms with Crippen LogP contribution in [0.4, 0.5) is 5.69 Å². The lowest BCUT2D eigenvalue weighted by Crippen LogP contribution is -2.54. The zero-order valence-electron chi connectivity index (χ0n) is 15.3. The highest BCUT2D eigenvalue weighted by Crippen LogP contribution is 2.21. The maximum Gasteiger partial charge on any atom is 0.0793 e. The Labute approximate surface area is 151 Å². The Morgan fingerprint density at radius 1 is 0.880 bits per heavy atom. The summed E-state index contributed by atoms with van der Waals surface area (Å²) in [6, 6.07) is 11.4. The second-order valence-electron chi connectivity index (χ2n) is 7.87. The number of β-amino-alcohol motifs (C(OH)–C–C–N with tert-alkyl or cyclic N) is 1. The van der Waals surface area contributed by atoms with Crippen molar-refractivity contribution in [3.8, 4) is 0 Å². The Balaban J connectivity index is 1.19. The molecular formula is C20H32N4O. The molecular weight excluding hydrogens is 312 g/mol. The molecule has 1 N–H and O–H groups in total. The number of hydrogen-bond acceptors (Lipinski definition) is 5. The Kier molecular flexibility index (Phi) is 5.56. The van der Waals surface area contributed by atoms with Gasteiger partial charge in [0.2, 0.25) is 0 Å². The van der Waals surface area contributed by atoms with Crippen molar-refractivity contribution in [1.29, 1.82) is 0 Å². The molecule has 25 heavy (non-hydrogen) atoms. The highest BCUT2D eigenvalue weighted by Gasteiger charge is 2.31. The molecule has 3 heterocycles. The molecule has 3 aliphatic heterocycles. The van der Waals surface area contributed by atoms with Gasteiger partial charge in [-0.15, -0.1) is 0 Å². The van der Waals surface area contributed by atoms with Gasteiger partial charge in [-0.2, -0.15) is 0 Å². The van der Waals surface area contributed by atoms with Gasteiger partial charge in [0, 0.05) is 70.6 Å². The van der Waals surface area contributed by atoms with Crippen molar-refractivity contribution in [2.75, 3.05) is 70.3 Å². The van der Waals surface area contributed by atoms with Crippen molar-refractivity contribution in [3.05, 3.63) is 30.3 Å². The lowest BCUT2D eigenvalue weighted by atomic mass is 10.1. The second-order valence-corrected chi connectivity index (χ2v) is 7.87. The Bertz CT molecular complexity index is 532. The number of rotatable bonds is 5. The SMILES string of the molecule is O[C@H](CN1CCN(c2ccccc2)CC1)CN1CCN2CCC[C@@H]2C1. The molecule has 0 unspecified atom stereocenters. The number of para-hydroxylation sites is 1. The van der Waals surface area contributed by atoms with Gasteiger partial charge in [0.15, 0.2) is 0 Å². The molecule has 0 aromatic heterocycles. The second kappa shape index (κ2) is 8.04. The summed E-state index contributed by atoms with van der Waals surface area (Å²) in [5, 5.41) is 10.6. The number of anilines is 1. The standard InChI is InChI=1S/C20H32N4O/c25-20(17-22-11-14-23-8-4-7-19(23)15-22)16-21-9-12-24(13-10-21)18-5-2-1-3-6-18/h1-3,5-6,19-20,25H,4,7-17H2/t19-,20-/m1/s1. The highest BCUT2D eigenvalue weighted by atomic mass is 16.3. The van der Waals surface area contributed by atoms with Gasteiger partial charge in [0.1, 0.15) is 0 Å². The first-order chi connectivity index (χ1) is 12.3. The number of aliphatic hydroxyl groups excluding tert-OH is 1. The van der Waals surface area contributed by atoms with E-state index < -0.39 is 0 Å². The van der Waals surface area contributed by atoms with Crippen LogP contribution >= 0.6 is 0 Å². The van der Waals surface area contributed by atoms with Gasteiger partial charge in [-0.05, 0) is 31.5 Å². The first-order valence-electron chi connectivity index (χ1n) is 9.95. The minimum Gasteiger partial charge on any atom is -0.390 e. The van der Waals surface area contributed by atoms with Gasteiger partial charge in [-0.25, -0.2) is 0 Å². The van der Waals surface area contributed by atoms with Crippen molar-refractivity contribution in [2.24, 2.45) is 0 Å². The molecule has 3 aliphatic rings. The molecule has 0 saturated carbocycles. The Hall–Kier alpha value is -1.14. The number of hydrogen-bond donors (Lipinski definition) is 1. The van der Waals surface area contributed by atoms with Gasteiger partial charge in [-0.1, -0.05) is 18.2 Å². The molecule has 2 atom stereocenters. The molecule has 0 amide bonds. The fraction of sp³-hybridized carbons (Fsp3) is 0.700.